The predicted molar refractivity (Wildman–Crippen MR) is 234 cm³/mol. The quantitative estimate of drug-likeness (QED) is 0.0203. The molecule has 0 aliphatic carbocycles. The molecule has 3 atom stereocenters. The lowest BCUT2D eigenvalue weighted by Crippen LogP contribution is -2.29. The van der Waals surface area contributed by atoms with E-state index in [1.54, 1.807) is 0 Å². The molecule has 1 heterocycles. The summed E-state index contributed by atoms with van der Waals surface area (Å²) in [5.41, 5.74) is 0. The Bertz CT molecular complexity index is 1080. The number of epoxide rings is 1. The van der Waals surface area contributed by atoms with Gasteiger partial charge < -0.3 is 24.0 Å². The van der Waals surface area contributed by atoms with Crippen LogP contribution in [0.15, 0.2) is 36.5 Å². The molecule has 0 aromatic rings. The van der Waals surface area contributed by atoms with Gasteiger partial charge in [0.2, 0.25) is 0 Å². The third kappa shape index (κ3) is 38.2. The molecule has 0 aromatic carbocycles. The van der Waals surface area contributed by atoms with Crippen LogP contribution in [0.1, 0.15) is 219 Å². The van der Waals surface area contributed by atoms with Crippen LogP contribution in [-0.4, -0.2) is 53.3 Å². The molecule has 9 nitrogen and oxygen atoms in total. The van der Waals surface area contributed by atoms with E-state index in [1.807, 2.05) is 0 Å². The van der Waals surface area contributed by atoms with Gasteiger partial charge in [-0.2, -0.15) is 0 Å². The Kier molecular flexibility index (Phi) is 35.9. The minimum absolute atomic E-state index is 0.139. The molecule has 1 saturated heterocycles. The van der Waals surface area contributed by atoms with Crippen LogP contribution in [0.3, 0.4) is 0 Å². The van der Waals surface area contributed by atoms with E-state index < -0.39 is 32.5 Å². The Hall–Kier alpha value is -1.77. The molecule has 1 rings (SSSR count). The third-order valence-corrected chi connectivity index (χ3v) is 11.1. The average Bonchev–Trinajstić information content (AvgIpc) is 3.94. The van der Waals surface area contributed by atoms with Gasteiger partial charge in [0.15, 0.2) is 6.10 Å². The van der Waals surface area contributed by atoms with E-state index >= 15 is 0 Å². The standard InChI is InChI=1S/C47H85O9P/c1-3-5-7-9-11-13-15-17-18-19-20-21-22-23-24-25-27-29-31-33-35-39-47(49)55-43(42-54-57(50,51)52)41-53-46(48)40-36-38-45-44(56-45)37-34-32-30-28-26-16-14-12-10-8-6-4-2/h12,14,26,28,32,34,43-45H,3-11,13,15-25,27,29-31,33,35-42H2,1-2H3,(H2,50,51,52)/b14-12-,28-26-,34-32-/t43-,44?,45?/m1/s1. The maximum atomic E-state index is 12.5. The van der Waals surface area contributed by atoms with Crippen LogP contribution in [0.2, 0.25) is 0 Å². The minimum Gasteiger partial charge on any atom is -0.462 e. The molecule has 57 heavy (non-hydrogen) atoms. The monoisotopic (exact) mass is 825 g/mol. The van der Waals surface area contributed by atoms with Gasteiger partial charge in [0.25, 0.3) is 0 Å². The number of phosphoric acid groups is 1. The predicted octanol–water partition coefficient (Wildman–Crippen LogP) is 13.5. The molecule has 2 unspecified atom stereocenters. The molecule has 1 aliphatic rings. The summed E-state index contributed by atoms with van der Waals surface area (Å²) in [5, 5.41) is 0. The zero-order chi connectivity index (χ0) is 41.5. The molecular formula is C47H85O9P. The molecule has 2 N–H and O–H groups in total. The van der Waals surface area contributed by atoms with Gasteiger partial charge in [0.05, 0.1) is 18.8 Å². The van der Waals surface area contributed by atoms with Gasteiger partial charge in [0, 0.05) is 12.8 Å². The van der Waals surface area contributed by atoms with E-state index in [0.717, 1.165) is 44.9 Å². The number of carbonyl (C=O) groups excluding carboxylic acids is 2. The summed E-state index contributed by atoms with van der Waals surface area (Å²) >= 11 is 0. The summed E-state index contributed by atoms with van der Waals surface area (Å²) < 4.78 is 32.2. The maximum Gasteiger partial charge on any atom is 0.469 e. The van der Waals surface area contributed by atoms with Crippen molar-refractivity contribution in [1.29, 1.82) is 0 Å². The number of phosphoric ester groups is 1. The number of rotatable bonds is 42. The maximum absolute atomic E-state index is 12.5. The van der Waals surface area contributed by atoms with Crippen molar-refractivity contribution in [2.24, 2.45) is 0 Å². The van der Waals surface area contributed by atoms with Crippen LogP contribution in [0.5, 0.6) is 0 Å². The van der Waals surface area contributed by atoms with E-state index in [0.29, 0.717) is 12.8 Å². The SMILES string of the molecule is CCCCC/C=C\C/C=C\C/C=C\CC1OC1CCCC(=O)OC[C@H](COP(=O)(O)O)OC(=O)CCCCCCCCCCCCCCCCCCCCCCC. The molecule has 1 aliphatic heterocycles. The van der Waals surface area contributed by atoms with Crippen LogP contribution < -0.4 is 0 Å². The van der Waals surface area contributed by atoms with Crippen LogP contribution in [0.25, 0.3) is 0 Å². The van der Waals surface area contributed by atoms with Crippen molar-refractivity contribution in [3.63, 3.8) is 0 Å². The highest BCUT2D eigenvalue weighted by atomic mass is 31.2. The second-order valence-electron chi connectivity index (χ2n) is 16.1. The Balaban J connectivity index is 2.05. The van der Waals surface area contributed by atoms with E-state index in [4.69, 9.17) is 24.0 Å². The Labute approximate surface area is 348 Å². The van der Waals surface area contributed by atoms with Crippen molar-refractivity contribution in [3.05, 3.63) is 36.5 Å². The van der Waals surface area contributed by atoms with E-state index in [-0.39, 0.29) is 31.7 Å². The first-order chi connectivity index (χ1) is 27.7. The van der Waals surface area contributed by atoms with Crippen LogP contribution >= 0.6 is 7.82 Å². The number of allylic oxidation sites excluding steroid dienone is 5. The summed E-state index contributed by atoms with van der Waals surface area (Å²) in [6.07, 6.45) is 48.9. The van der Waals surface area contributed by atoms with Crippen molar-refractivity contribution in [2.45, 2.75) is 238 Å². The van der Waals surface area contributed by atoms with Gasteiger partial charge in [-0.05, 0) is 51.4 Å². The zero-order valence-corrected chi connectivity index (χ0v) is 37.3. The molecule has 0 bridgehead atoms. The van der Waals surface area contributed by atoms with Gasteiger partial charge in [-0.25, -0.2) is 4.57 Å². The summed E-state index contributed by atoms with van der Waals surface area (Å²) in [5.74, 6) is -0.952. The van der Waals surface area contributed by atoms with Crippen molar-refractivity contribution >= 4 is 19.8 Å². The lowest BCUT2D eigenvalue weighted by Gasteiger charge is -2.18. The molecular weight excluding hydrogens is 739 g/mol. The number of carbonyl (C=O) groups is 2. The second kappa shape index (κ2) is 38.4. The zero-order valence-electron chi connectivity index (χ0n) is 36.4. The summed E-state index contributed by atoms with van der Waals surface area (Å²) in [6, 6.07) is 0. The van der Waals surface area contributed by atoms with Crippen LogP contribution in [0.4, 0.5) is 0 Å². The lowest BCUT2D eigenvalue weighted by atomic mass is 10.0. The van der Waals surface area contributed by atoms with Crippen LogP contribution in [-0.2, 0) is 32.9 Å². The normalized spacial score (nSPS) is 16.3. The van der Waals surface area contributed by atoms with Gasteiger partial charge in [-0.1, -0.05) is 192 Å². The Morgan fingerprint density at radius 2 is 1.02 bits per heavy atom. The van der Waals surface area contributed by atoms with Gasteiger partial charge in [-0.3, -0.25) is 14.1 Å². The Morgan fingerprint density at radius 1 is 0.561 bits per heavy atom. The van der Waals surface area contributed by atoms with Gasteiger partial charge >= 0.3 is 19.8 Å². The highest BCUT2D eigenvalue weighted by Gasteiger charge is 2.36. The smallest absolute Gasteiger partial charge is 0.462 e. The lowest BCUT2D eigenvalue weighted by molar-refractivity contribution is -0.161. The van der Waals surface area contributed by atoms with Crippen LogP contribution in [0, 0.1) is 0 Å². The molecule has 0 aromatic heterocycles. The number of esters is 2. The summed E-state index contributed by atoms with van der Waals surface area (Å²) in [4.78, 5) is 43.1. The van der Waals surface area contributed by atoms with E-state index in [1.165, 1.54) is 135 Å². The number of ether oxygens (including phenoxy) is 3. The van der Waals surface area contributed by atoms with Crippen molar-refractivity contribution < 1.29 is 42.7 Å². The molecule has 0 amide bonds. The molecule has 0 saturated carbocycles. The summed E-state index contributed by atoms with van der Waals surface area (Å²) in [6.45, 7) is 3.62. The molecule has 0 spiro atoms. The fourth-order valence-electron chi connectivity index (χ4n) is 6.99. The molecule has 1 fully saturated rings. The first-order valence-electron chi connectivity index (χ1n) is 23.4. The first-order valence-corrected chi connectivity index (χ1v) is 24.9. The fourth-order valence-corrected chi connectivity index (χ4v) is 7.35. The van der Waals surface area contributed by atoms with Gasteiger partial charge in [0.1, 0.15) is 6.61 Å². The van der Waals surface area contributed by atoms with Crippen molar-refractivity contribution in [1.82, 2.24) is 0 Å². The highest BCUT2D eigenvalue weighted by molar-refractivity contribution is 7.46. The second-order valence-corrected chi connectivity index (χ2v) is 17.4. The van der Waals surface area contributed by atoms with Crippen molar-refractivity contribution in [2.75, 3.05) is 13.2 Å². The molecule has 332 valence electrons. The minimum atomic E-state index is -4.78. The third-order valence-electron chi connectivity index (χ3n) is 10.6. The number of unbranched alkanes of at least 4 members (excludes halogenated alkanes) is 23. The summed E-state index contributed by atoms with van der Waals surface area (Å²) in [7, 11) is -4.78. The van der Waals surface area contributed by atoms with Crippen molar-refractivity contribution in [3.8, 4) is 0 Å². The molecule has 10 heteroatoms. The largest absolute Gasteiger partial charge is 0.469 e. The Morgan fingerprint density at radius 3 is 1.54 bits per heavy atom. The number of hydrogen-bond acceptors (Lipinski definition) is 7. The van der Waals surface area contributed by atoms with E-state index in [9.17, 15) is 14.2 Å². The topological polar surface area (TPSA) is 132 Å². The number of hydrogen-bond donors (Lipinski definition) is 2. The molecule has 0 radical (unpaired) electrons. The average molecular weight is 825 g/mol. The fraction of sp³-hybridized carbons (Fsp3) is 0.830. The van der Waals surface area contributed by atoms with Gasteiger partial charge in [-0.15, -0.1) is 0 Å². The first kappa shape index (κ1) is 53.2. The highest BCUT2D eigenvalue weighted by Crippen LogP contribution is 2.36. The van der Waals surface area contributed by atoms with E-state index in [2.05, 4.69) is 54.8 Å².